The molecule has 1 fully saturated rings. The monoisotopic (exact) mass is 261 g/mol. The zero-order chi connectivity index (χ0) is 13.7. The minimum absolute atomic E-state index is 0.513. The van der Waals surface area contributed by atoms with Gasteiger partial charge in [0.15, 0.2) is 0 Å². The molecule has 2 heterocycles. The zero-order valence-electron chi connectivity index (χ0n) is 12.6. The van der Waals surface area contributed by atoms with Crippen LogP contribution in [0.4, 0.5) is 5.82 Å². The molecule has 0 saturated carbocycles. The van der Waals surface area contributed by atoms with E-state index in [9.17, 15) is 0 Å². The van der Waals surface area contributed by atoms with Crippen LogP contribution in [0.5, 0.6) is 0 Å². The van der Waals surface area contributed by atoms with Crippen LogP contribution >= 0.6 is 0 Å². The summed E-state index contributed by atoms with van der Waals surface area (Å²) in [7, 11) is 0. The highest BCUT2D eigenvalue weighted by Crippen LogP contribution is 2.38. The van der Waals surface area contributed by atoms with Gasteiger partial charge in [-0.05, 0) is 43.4 Å². The first kappa shape index (κ1) is 14.3. The summed E-state index contributed by atoms with van der Waals surface area (Å²) in [6.45, 7) is 10.9. The molecule has 1 saturated heterocycles. The first-order valence-corrected chi connectivity index (χ1v) is 7.64. The second-order valence-corrected chi connectivity index (χ2v) is 5.65. The molecule has 2 rings (SSSR count). The van der Waals surface area contributed by atoms with Crippen LogP contribution in [0.2, 0.25) is 0 Å². The molecule has 0 unspecified atom stereocenters. The molecule has 0 aromatic carbocycles. The maximum Gasteiger partial charge on any atom is 0.128 e. The summed E-state index contributed by atoms with van der Waals surface area (Å²) in [5, 5.41) is 3.34. The fraction of sp³-hybridized carbons (Fsp3) is 0.688. The zero-order valence-corrected chi connectivity index (χ0v) is 12.6. The molecule has 0 bridgehead atoms. The highest BCUT2D eigenvalue weighted by Gasteiger charge is 2.35. The largest absolute Gasteiger partial charge is 0.356 e. The summed E-state index contributed by atoms with van der Waals surface area (Å²) in [5.74, 6) is 1.15. The van der Waals surface area contributed by atoms with Crippen LogP contribution < -0.4 is 10.2 Å². The lowest BCUT2D eigenvalue weighted by atomic mass is 9.82. The Hall–Kier alpha value is -1.09. The van der Waals surface area contributed by atoms with E-state index < -0.39 is 0 Å². The molecule has 0 aliphatic carbocycles. The lowest BCUT2D eigenvalue weighted by molar-refractivity contribution is 0.301. The van der Waals surface area contributed by atoms with Gasteiger partial charge in [-0.25, -0.2) is 4.98 Å². The molecular formula is C16H27N3. The topological polar surface area (TPSA) is 28.2 Å². The maximum absolute atomic E-state index is 4.79. The lowest BCUT2D eigenvalue weighted by Gasteiger charge is -2.26. The van der Waals surface area contributed by atoms with Crippen LogP contribution in [0, 0.1) is 5.41 Å². The van der Waals surface area contributed by atoms with E-state index in [-0.39, 0.29) is 0 Å². The molecule has 1 aromatic rings. The Balaban J connectivity index is 2.06. The van der Waals surface area contributed by atoms with E-state index in [1.165, 1.54) is 19.3 Å². The average Bonchev–Trinajstić information content (AvgIpc) is 2.91. The number of pyridine rings is 1. The Morgan fingerprint density at radius 2 is 2.05 bits per heavy atom. The number of nitrogens with one attached hydrogen (secondary N) is 1. The van der Waals surface area contributed by atoms with Crippen molar-refractivity contribution >= 4 is 5.82 Å². The van der Waals surface area contributed by atoms with E-state index in [1.54, 1.807) is 0 Å². The van der Waals surface area contributed by atoms with Crippen molar-refractivity contribution in [2.45, 2.75) is 46.6 Å². The van der Waals surface area contributed by atoms with Gasteiger partial charge in [-0.2, -0.15) is 0 Å². The van der Waals surface area contributed by atoms with Gasteiger partial charge in [0, 0.05) is 19.6 Å². The first-order valence-electron chi connectivity index (χ1n) is 7.64. The standard InChI is InChI=1S/C16H27N3/c1-4-16(5-2)10-11-19(13-16)15-9-7-8-14(18-15)12-17-6-3/h7-9,17H,4-6,10-13H2,1-3H3. The van der Waals surface area contributed by atoms with E-state index in [4.69, 9.17) is 4.98 Å². The van der Waals surface area contributed by atoms with Crippen molar-refractivity contribution in [3.63, 3.8) is 0 Å². The van der Waals surface area contributed by atoms with Gasteiger partial charge in [0.25, 0.3) is 0 Å². The van der Waals surface area contributed by atoms with Gasteiger partial charge in [0.05, 0.1) is 5.69 Å². The van der Waals surface area contributed by atoms with Crippen LogP contribution in [0.1, 0.15) is 45.7 Å². The van der Waals surface area contributed by atoms with Gasteiger partial charge >= 0.3 is 0 Å². The van der Waals surface area contributed by atoms with Crippen molar-refractivity contribution in [3.8, 4) is 0 Å². The molecule has 0 amide bonds. The molecule has 1 N–H and O–H groups in total. The fourth-order valence-corrected chi connectivity index (χ4v) is 2.95. The summed E-state index contributed by atoms with van der Waals surface area (Å²) in [6, 6.07) is 6.39. The highest BCUT2D eigenvalue weighted by atomic mass is 15.2. The van der Waals surface area contributed by atoms with Crippen molar-refractivity contribution in [3.05, 3.63) is 23.9 Å². The molecule has 3 nitrogen and oxygen atoms in total. The molecule has 1 aromatic heterocycles. The minimum atomic E-state index is 0.513. The fourth-order valence-electron chi connectivity index (χ4n) is 2.95. The van der Waals surface area contributed by atoms with Crippen LogP contribution in [-0.2, 0) is 6.54 Å². The average molecular weight is 261 g/mol. The molecular weight excluding hydrogens is 234 g/mol. The second-order valence-electron chi connectivity index (χ2n) is 5.65. The third-order valence-corrected chi connectivity index (χ3v) is 4.61. The quantitative estimate of drug-likeness (QED) is 0.852. The molecule has 0 spiro atoms. The molecule has 0 radical (unpaired) electrons. The molecule has 19 heavy (non-hydrogen) atoms. The molecule has 1 aliphatic rings. The number of nitrogens with zero attached hydrogens (tertiary/aromatic N) is 2. The van der Waals surface area contributed by atoms with E-state index in [0.29, 0.717) is 5.41 Å². The van der Waals surface area contributed by atoms with Crippen molar-refractivity contribution in [1.29, 1.82) is 0 Å². The lowest BCUT2D eigenvalue weighted by Crippen LogP contribution is -2.27. The summed E-state index contributed by atoms with van der Waals surface area (Å²) in [6.07, 6.45) is 3.85. The van der Waals surface area contributed by atoms with Gasteiger partial charge < -0.3 is 10.2 Å². The molecule has 0 atom stereocenters. The van der Waals surface area contributed by atoms with E-state index >= 15 is 0 Å². The minimum Gasteiger partial charge on any atom is -0.356 e. The number of hydrogen-bond donors (Lipinski definition) is 1. The Morgan fingerprint density at radius 3 is 2.68 bits per heavy atom. The predicted molar refractivity (Wildman–Crippen MR) is 81.5 cm³/mol. The Morgan fingerprint density at radius 1 is 1.26 bits per heavy atom. The SMILES string of the molecule is CCNCc1cccc(N2CCC(CC)(CC)C2)n1. The number of aromatic nitrogens is 1. The van der Waals surface area contributed by atoms with Crippen molar-refractivity contribution in [2.24, 2.45) is 5.41 Å². The highest BCUT2D eigenvalue weighted by molar-refractivity contribution is 5.41. The Bertz CT molecular complexity index is 399. The van der Waals surface area contributed by atoms with Gasteiger partial charge in [-0.15, -0.1) is 0 Å². The second kappa shape index (κ2) is 6.38. The number of rotatable bonds is 6. The summed E-state index contributed by atoms with van der Waals surface area (Å²) < 4.78 is 0. The normalized spacial score (nSPS) is 17.9. The smallest absolute Gasteiger partial charge is 0.128 e. The van der Waals surface area contributed by atoms with Gasteiger partial charge in [0.1, 0.15) is 5.82 Å². The van der Waals surface area contributed by atoms with Gasteiger partial charge in [-0.3, -0.25) is 0 Å². The number of hydrogen-bond acceptors (Lipinski definition) is 3. The van der Waals surface area contributed by atoms with Crippen molar-refractivity contribution in [1.82, 2.24) is 10.3 Å². The van der Waals surface area contributed by atoms with Crippen LogP contribution in [0.25, 0.3) is 0 Å². The van der Waals surface area contributed by atoms with Gasteiger partial charge in [-0.1, -0.05) is 26.8 Å². The van der Waals surface area contributed by atoms with Crippen LogP contribution in [0.3, 0.4) is 0 Å². The predicted octanol–water partition coefficient (Wildman–Crippen LogP) is 3.21. The molecule has 106 valence electrons. The molecule has 3 heteroatoms. The third-order valence-electron chi connectivity index (χ3n) is 4.61. The van der Waals surface area contributed by atoms with E-state index in [2.05, 4.69) is 49.2 Å². The molecule has 1 aliphatic heterocycles. The summed E-state index contributed by atoms with van der Waals surface area (Å²) >= 11 is 0. The summed E-state index contributed by atoms with van der Waals surface area (Å²) in [5.41, 5.74) is 1.66. The Kier molecular flexibility index (Phi) is 4.81. The van der Waals surface area contributed by atoms with E-state index in [0.717, 1.165) is 37.7 Å². The van der Waals surface area contributed by atoms with Crippen LogP contribution in [-0.4, -0.2) is 24.6 Å². The first-order chi connectivity index (χ1) is 9.23. The number of anilines is 1. The van der Waals surface area contributed by atoms with Crippen molar-refractivity contribution < 1.29 is 0 Å². The maximum atomic E-state index is 4.79. The van der Waals surface area contributed by atoms with Crippen molar-refractivity contribution in [2.75, 3.05) is 24.5 Å². The Labute approximate surface area is 117 Å². The summed E-state index contributed by atoms with van der Waals surface area (Å²) in [4.78, 5) is 7.25. The third kappa shape index (κ3) is 3.27. The van der Waals surface area contributed by atoms with E-state index in [1.807, 2.05) is 0 Å². The van der Waals surface area contributed by atoms with Gasteiger partial charge in [0.2, 0.25) is 0 Å². The van der Waals surface area contributed by atoms with Crippen LogP contribution in [0.15, 0.2) is 18.2 Å².